The summed E-state index contributed by atoms with van der Waals surface area (Å²) in [5.41, 5.74) is 7.52. The first kappa shape index (κ1) is 26.1. The summed E-state index contributed by atoms with van der Waals surface area (Å²) in [6.07, 6.45) is 3.15. The van der Waals surface area contributed by atoms with Crippen molar-refractivity contribution in [1.29, 1.82) is 0 Å². The van der Waals surface area contributed by atoms with E-state index in [-0.39, 0.29) is 5.91 Å². The molecule has 1 aliphatic rings. The van der Waals surface area contributed by atoms with Gasteiger partial charge in [-0.3, -0.25) is 9.78 Å². The molecule has 2 N–H and O–H groups in total. The van der Waals surface area contributed by atoms with Crippen LogP contribution >= 0.6 is 0 Å². The van der Waals surface area contributed by atoms with Crippen LogP contribution in [-0.2, 0) is 6.42 Å². The molecule has 8 heteroatoms. The van der Waals surface area contributed by atoms with Crippen LogP contribution in [0.25, 0.3) is 22.2 Å². The van der Waals surface area contributed by atoms with E-state index in [9.17, 15) is 4.79 Å². The normalized spacial score (nSPS) is 15.0. The lowest BCUT2D eigenvalue weighted by atomic mass is 9.95. The van der Waals surface area contributed by atoms with Crippen molar-refractivity contribution in [2.75, 3.05) is 45.1 Å². The summed E-state index contributed by atoms with van der Waals surface area (Å²) in [5, 5.41) is 4.11. The highest BCUT2D eigenvalue weighted by atomic mass is 16.3. The highest BCUT2D eigenvalue weighted by molar-refractivity contribution is 6.04. The Morgan fingerprint density at radius 2 is 1.82 bits per heavy atom. The number of aromatic nitrogens is 3. The Morgan fingerprint density at radius 1 is 1.08 bits per heavy atom. The van der Waals surface area contributed by atoms with Gasteiger partial charge in [-0.15, -0.1) is 0 Å². The van der Waals surface area contributed by atoms with Crippen LogP contribution < -0.4 is 5.32 Å². The lowest BCUT2D eigenvalue weighted by molar-refractivity contribution is 0.102. The largest absolute Gasteiger partial charge is 0.448 e. The summed E-state index contributed by atoms with van der Waals surface area (Å²) in [7, 11) is 2.16. The van der Waals surface area contributed by atoms with Crippen LogP contribution in [0.3, 0.4) is 0 Å². The number of likely N-dealkylation sites (N-methyl/N-ethyl adjacent to an activating group) is 1. The van der Waals surface area contributed by atoms with Crippen LogP contribution in [0.5, 0.6) is 0 Å². The third kappa shape index (κ3) is 5.81. The zero-order valence-electron chi connectivity index (χ0n) is 23.1. The number of rotatable bonds is 8. The average molecular weight is 515 g/mol. The van der Waals surface area contributed by atoms with Crippen molar-refractivity contribution in [3.8, 4) is 11.3 Å². The molecular weight excluding hydrogens is 476 g/mol. The smallest absolute Gasteiger partial charge is 0.277 e. The number of aromatic amines is 1. The standard InChI is InChI=1S/C30H38N6O2/c1-19(2)28-24-17-23(8-9-25(24)34-29(28)22-15-20(3)31-21(4)16-22)32-30(37)26-18-38-27(33-26)7-6-10-36-13-11-35(5)12-14-36/h8-9,15-19,34H,6-7,10-14H2,1-5H3,(H,32,37). The summed E-state index contributed by atoms with van der Waals surface area (Å²) in [4.78, 5) is 30.4. The molecule has 1 aliphatic heterocycles. The number of amides is 1. The number of benzene rings is 1. The van der Waals surface area contributed by atoms with E-state index in [0.717, 1.165) is 84.8 Å². The molecule has 0 saturated carbocycles. The van der Waals surface area contributed by atoms with E-state index in [1.165, 1.54) is 11.8 Å². The van der Waals surface area contributed by atoms with Crippen molar-refractivity contribution >= 4 is 22.5 Å². The van der Waals surface area contributed by atoms with Gasteiger partial charge in [0.2, 0.25) is 0 Å². The van der Waals surface area contributed by atoms with Crippen LogP contribution in [0.1, 0.15) is 59.5 Å². The quantitative estimate of drug-likeness (QED) is 0.328. The zero-order valence-corrected chi connectivity index (χ0v) is 23.1. The predicted octanol–water partition coefficient (Wildman–Crippen LogP) is 5.39. The number of oxazole rings is 1. The first-order chi connectivity index (χ1) is 18.3. The third-order valence-electron chi connectivity index (χ3n) is 7.29. The molecule has 4 heterocycles. The summed E-state index contributed by atoms with van der Waals surface area (Å²) in [6, 6.07) is 10.2. The molecule has 0 bridgehead atoms. The number of nitrogens with one attached hydrogen (secondary N) is 2. The number of aryl methyl sites for hydroxylation is 3. The van der Waals surface area contributed by atoms with Gasteiger partial charge in [-0.25, -0.2) is 4.98 Å². The van der Waals surface area contributed by atoms with Gasteiger partial charge in [-0.05, 0) is 75.7 Å². The maximum atomic E-state index is 13.0. The van der Waals surface area contributed by atoms with E-state index in [2.05, 4.69) is 63.1 Å². The molecule has 1 amide bonds. The Balaban J connectivity index is 1.28. The van der Waals surface area contributed by atoms with Gasteiger partial charge >= 0.3 is 0 Å². The number of hydrogen-bond donors (Lipinski definition) is 2. The molecule has 1 saturated heterocycles. The molecular formula is C30H38N6O2. The van der Waals surface area contributed by atoms with Gasteiger partial charge in [0, 0.05) is 66.1 Å². The van der Waals surface area contributed by atoms with Crippen molar-refractivity contribution in [3.05, 3.63) is 65.1 Å². The fraction of sp³-hybridized carbons (Fsp3) is 0.433. The summed E-state index contributed by atoms with van der Waals surface area (Å²) in [5.74, 6) is 0.642. The SMILES string of the molecule is Cc1cc(-c2[nH]c3ccc(NC(=O)c4coc(CCCN5CCN(C)CC5)n4)cc3c2C(C)C)cc(C)n1. The van der Waals surface area contributed by atoms with E-state index in [0.29, 0.717) is 17.5 Å². The molecule has 1 fully saturated rings. The predicted molar refractivity (Wildman–Crippen MR) is 152 cm³/mol. The van der Waals surface area contributed by atoms with Gasteiger partial charge in [0.25, 0.3) is 5.91 Å². The molecule has 1 aromatic carbocycles. The highest BCUT2D eigenvalue weighted by Gasteiger charge is 2.19. The molecule has 0 radical (unpaired) electrons. The molecule has 0 spiro atoms. The second kappa shape index (κ2) is 11.1. The minimum absolute atomic E-state index is 0.263. The molecule has 0 unspecified atom stereocenters. The van der Waals surface area contributed by atoms with Gasteiger partial charge in [0.15, 0.2) is 11.6 Å². The number of carbonyl (C=O) groups excluding carboxylic acids is 1. The van der Waals surface area contributed by atoms with Crippen LogP contribution in [0, 0.1) is 13.8 Å². The molecule has 4 aromatic rings. The molecule has 0 atom stereocenters. The number of H-pyrrole nitrogens is 1. The van der Waals surface area contributed by atoms with Crippen molar-refractivity contribution < 1.29 is 9.21 Å². The monoisotopic (exact) mass is 514 g/mol. The molecule has 0 aliphatic carbocycles. The van der Waals surface area contributed by atoms with Gasteiger partial charge < -0.3 is 24.5 Å². The fourth-order valence-corrected chi connectivity index (χ4v) is 5.35. The van der Waals surface area contributed by atoms with Crippen molar-refractivity contribution in [2.45, 2.75) is 46.5 Å². The Kier molecular flexibility index (Phi) is 7.63. The maximum Gasteiger partial charge on any atom is 0.277 e. The molecule has 5 rings (SSSR count). The van der Waals surface area contributed by atoms with E-state index in [1.54, 1.807) is 0 Å². The minimum atomic E-state index is -0.263. The highest BCUT2D eigenvalue weighted by Crippen LogP contribution is 2.37. The second-order valence-electron chi connectivity index (χ2n) is 10.8. The van der Waals surface area contributed by atoms with Gasteiger partial charge in [0.1, 0.15) is 6.26 Å². The average Bonchev–Trinajstić information content (AvgIpc) is 3.49. The maximum absolute atomic E-state index is 13.0. The molecule has 200 valence electrons. The van der Waals surface area contributed by atoms with E-state index in [4.69, 9.17) is 4.42 Å². The van der Waals surface area contributed by atoms with E-state index in [1.807, 2.05) is 32.0 Å². The van der Waals surface area contributed by atoms with Crippen LogP contribution in [-0.4, -0.2) is 70.4 Å². The Morgan fingerprint density at radius 3 is 2.53 bits per heavy atom. The van der Waals surface area contributed by atoms with Crippen LogP contribution in [0.4, 0.5) is 5.69 Å². The number of carbonyl (C=O) groups is 1. The number of pyridine rings is 1. The fourth-order valence-electron chi connectivity index (χ4n) is 5.35. The number of anilines is 1. The summed E-state index contributed by atoms with van der Waals surface area (Å²) >= 11 is 0. The first-order valence-electron chi connectivity index (χ1n) is 13.5. The number of hydrogen-bond acceptors (Lipinski definition) is 6. The number of fused-ring (bicyclic) bond motifs is 1. The number of nitrogens with zero attached hydrogens (tertiary/aromatic N) is 4. The summed E-state index contributed by atoms with van der Waals surface area (Å²) < 4.78 is 5.61. The minimum Gasteiger partial charge on any atom is -0.448 e. The Bertz CT molecular complexity index is 1410. The van der Waals surface area contributed by atoms with Crippen molar-refractivity contribution in [2.24, 2.45) is 0 Å². The van der Waals surface area contributed by atoms with Gasteiger partial charge in [0.05, 0.1) is 5.69 Å². The van der Waals surface area contributed by atoms with Crippen molar-refractivity contribution in [3.63, 3.8) is 0 Å². The van der Waals surface area contributed by atoms with Crippen LogP contribution in [0.2, 0.25) is 0 Å². The number of piperazine rings is 1. The molecule has 8 nitrogen and oxygen atoms in total. The second-order valence-corrected chi connectivity index (χ2v) is 10.8. The van der Waals surface area contributed by atoms with Crippen LogP contribution in [0.15, 0.2) is 41.0 Å². The topological polar surface area (TPSA) is 90.3 Å². The van der Waals surface area contributed by atoms with Crippen molar-refractivity contribution in [1.82, 2.24) is 24.8 Å². The van der Waals surface area contributed by atoms with Gasteiger partial charge in [-0.2, -0.15) is 0 Å². The first-order valence-corrected chi connectivity index (χ1v) is 13.5. The van der Waals surface area contributed by atoms with Gasteiger partial charge in [-0.1, -0.05) is 13.8 Å². The Labute approximate surface area is 224 Å². The molecule has 38 heavy (non-hydrogen) atoms. The lowest BCUT2D eigenvalue weighted by Gasteiger charge is -2.32. The zero-order chi connectivity index (χ0) is 26.8. The third-order valence-corrected chi connectivity index (χ3v) is 7.29. The lowest BCUT2D eigenvalue weighted by Crippen LogP contribution is -2.44. The summed E-state index contributed by atoms with van der Waals surface area (Å²) in [6.45, 7) is 13.9. The Hall–Kier alpha value is -3.49. The van der Waals surface area contributed by atoms with E-state index >= 15 is 0 Å². The van der Waals surface area contributed by atoms with E-state index < -0.39 is 0 Å². The molecule has 3 aromatic heterocycles.